The first kappa shape index (κ1) is 25.0. The maximum Gasteiger partial charge on any atom is 0.341 e. The number of ether oxygens (including phenoxy) is 1. The van der Waals surface area contributed by atoms with Gasteiger partial charge in [0.15, 0.2) is 5.78 Å². The van der Waals surface area contributed by atoms with E-state index in [4.69, 9.17) is 4.74 Å². The van der Waals surface area contributed by atoms with Crippen molar-refractivity contribution in [1.82, 2.24) is 5.32 Å². The van der Waals surface area contributed by atoms with Gasteiger partial charge in [-0.05, 0) is 68.4 Å². The highest BCUT2D eigenvalue weighted by molar-refractivity contribution is 7.17. The molecule has 0 fully saturated rings. The standard InChI is InChI=1S/C28H32N2O4S2/c1-5-34-27(33)22-16-9-6-7-10-19(16)36-26(22)30-25(32)21-15(2)29-17-13-28(3,4)14-18(31)23(17)24(21)20-11-8-12-35-20/h8,11-12,24,29H,5-7,9-10,13-14H2,1-4H3,(H,30,32)/t24-/m0/s1. The van der Waals surface area contributed by atoms with Crippen molar-refractivity contribution in [2.24, 2.45) is 5.41 Å². The number of hydrogen-bond acceptors (Lipinski definition) is 7. The van der Waals surface area contributed by atoms with Crippen molar-refractivity contribution >= 4 is 45.3 Å². The predicted molar refractivity (Wildman–Crippen MR) is 143 cm³/mol. The summed E-state index contributed by atoms with van der Waals surface area (Å²) in [4.78, 5) is 42.4. The zero-order valence-corrected chi connectivity index (χ0v) is 22.8. The van der Waals surface area contributed by atoms with Crippen molar-refractivity contribution in [3.05, 3.63) is 60.9 Å². The smallest absolute Gasteiger partial charge is 0.341 e. The van der Waals surface area contributed by atoms with Crippen molar-refractivity contribution in [3.63, 3.8) is 0 Å². The molecule has 0 unspecified atom stereocenters. The van der Waals surface area contributed by atoms with E-state index in [9.17, 15) is 14.4 Å². The molecule has 0 bridgehead atoms. The SMILES string of the molecule is CCOC(=O)c1c(NC(=O)C2=C(C)NC3=C(C(=O)CC(C)(C)C3)[C@H]2c2cccs2)sc2c1CCCC2. The van der Waals surface area contributed by atoms with Crippen molar-refractivity contribution < 1.29 is 19.1 Å². The van der Waals surface area contributed by atoms with E-state index in [1.54, 1.807) is 18.3 Å². The third kappa shape index (κ3) is 4.45. The number of dihydropyridines is 1. The molecule has 0 saturated heterocycles. The highest BCUT2D eigenvalue weighted by Gasteiger charge is 2.43. The molecule has 5 rings (SSSR count). The molecule has 2 aromatic heterocycles. The normalized spacial score (nSPS) is 21.0. The van der Waals surface area contributed by atoms with Crippen molar-refractivity contribution in [2.75, 3.05) is 11.9 Å². The van der Waals surface area contributed by atoms with Crippen LogP contribution in [0.25, 0.3) is 0 Å². The minimum Gasteiger partial charge on any atom is -0.462 e. The van der Waals surface area contributed by atoms with Crippen LogP contribution in [0, 0.1) is 5.41 Å². The van der Waals surface area contributed by atoms with Gasteiger partial charge in [-0.2, -0.15) is 0 Å². The number of carbonyl (C=O) groups excluding carboxylic acids is 3. The summed E-state index contributed by atoms with van der Waals surface area (Å²) in [5.74, 6) is -1.01. The number of rotatable bonds is 5. The first-order valence-corrected chi connectivity index (χ1v) is 14.3. The van der Waals surface area contributed by atoms with E-state index in [0.717, 1.165) is 58.8 Å². The molecule has 2 aliphatic carbocycles. The lowest BCUT2D eigenvalue weighted by molar-refractivity contribution is -0.118. The molecule has 2 N–H and O–H groups in total. The van der Waals surface area contributed by atoms with Gasteiger partial charge >= 0.3 is 5.97 Å². The van der Waals surface area contributed by atoms with E-state index in [0.29, 0.717) is 28.1 Å². The Hall–Kier alpha value is -2.71. The minimum absolute atomic E-state index is 0.0868. The van der Waals surface area contributed by atoms with Crippen LogP contribution in [0.4, 0.5) is 5.00 Å². The summed E-state index contributed by atoms with van der Waals surface area (Å²) < 4.78 is 5.37. The van der Waals surface area contributed by atoms with Gasteiger partial charge in [-0.15, -0.1) is 22.7 Å². The van der Waals surface area contributed by atoms with Gasteiger partial charge in [-0.3, -0.25) is 9.59 Å². The number of hydrogen-bond donors (Lipinski definition) is 2. The van der Waals surface area contributed by atoms with Crippen molar-refractivity contribution in [3.8, 4) is 0 Å². The number of aryl methyl sites for hydroxylation is 1. The molecule has 0 radical (unpaired) electrons. The van der Waals surface area contributed by atoms with Gasteiger partial charge < -0.3 is 15.4 Å². The van der Waals surface area contributed by atoms with Gasteiger partial charge in [0, 0.05) is 38.7 Å². The molecule has 2 aromatic rings. The maximum atomic E-state index is 14.0. The molecule has 0 aromatic carbocycles. The van der Waals surface area contributed by atoms with Gasteiger partial charge in [0.25, 0.3) is 5.91 Å². The average Bonchev–Trinajstić information content (AvgIpc) is 3.45. The molecule has 1 amide bonds. The highest BCUT2D eigenvalue weighted by atomic mass is 32.1. The Morgan fingerprint density at radius 3 is 2.72 bits per heavy atom. The van der Waals surface area contributed by atoms with Crippen LogP contribution >= 0.6 is 22.7 Å². The van der Waals surface area contributed by atoms with Gasteiger partial charge in [-0.1, -0.05) is 19.9 Å². The predicted octanol–water partition coefficient (Wildman–Crippen LogP) is 6.11. The zero-order valence-electron chi connectivity index (χ0n) is 21.2. The van der Waals surface area contributed by atoms with Gasteiger partial charge in [0.1, 0.15) is 5.00 Å². The Balaban J connectivity index is 1.55. The largest absolute Gasteiger partial charge is 0.462 e. The maximum absolute atomic E-state index is 14.0. The molecule has 1 atom stereocenters. The molecule has 0 spiro atoms. The molecule has 36 heavy (non-hydrogen) atoms. The van der Waals surface area contributed by atoms with Crippen LogP contribution in [-0.4, -0.2) is 24.3 Å². The average molecular weight is 525 g/mol. The number of allylic oxidation sites excluding steroid dienone is 3. The first-order valence-electron chi connectivity index (χ1n) is 12.6. The van der Waals surface area contributed by atoms with Gasteiger partial charge in [0.05, 0.1) is 18.1 Å². The summed E-state index contributed by atoms with van der Waals surface area (Å²) in [6.07, 6.45) is 5.03. The Kier molecular flexibility index (Phi) is 6.68. The molecule has 0 saturated carbocycles. The van der Waals surface area contributed by atoms with Gasteiger partial charge in [-0.25, -0.2) is 4.79 Å². The van der Waals surface area contributed by atoms with E-state index in [-0.39, 0.29) is 29.7 Å². The summed E-state index contributed by atoms with van der Waals surface area (Å²) in [6.45, 7) is 8.18. The lowest BCUT2D eigenvalue weighted by atomic mass is 9.69. The fraction of sp³-hybridized carbons (Fsp3) is 0.464. The fourth-order valence-electron chi connectivity index (χ4n) is 5.72. The Morgan fingerprint density at radius 1 is 1.22 bits per heavy atom. The minimum atomic E-state index is -0.425. The second-order valence-electron chi connectivity index (χ2n) is 10.5. The van der Waals surface area contributed by atoms with Crippen LogP contribution in [-0.2, 0) is 27.2 Å². The van der Waals surface area contributed by atoms with Crippen LogP contribution < -0.4 is 10.6 Å². The highest BCUT2D eigenvalue weighted by Crippen LogP contribution is 2.48. The number of thiophene rings is 2. The van der Waals surface area contributed by atoms with Crippen molar-refractivity contribution in [2.45, 2.75) is 72.1 Å². The lowest BCUT2D eigenvalue weighted by Gasteiger charge is -2.39. The number of nitrogens with one attached hydrogen (secondary N) is 2. The monoisotopic (exact) mass is 524 g/mol. The molecular formula is C28H32N2O4S2. The van der Waals surface area contributed by atoms with E-state index in [2.05, 4.69) is 24.5 Å². The molecule has 3 heterocycles. The van der Waals surface area contributed by atoms with Crippen LogP contribution in [0.3, 0.4) is 0 Å². The number of amides is 1. The number of anilines is 1. The van der Waals surface area contributed by atoms with E-state index < -0.39 is 5.92 Å². The first-order chi connectivity index (χ1) is 17.2. The number of carbonyl (C=O) groups is 3. The summed E-state index contributed by atoms with van der Waals surface area (Å²) in [5.41, 5.74) is 4.27. The molecule has 8 heteroatoms. The molecule has 6 nitrogen and oxygen atoms in total. The van der Waals surface area contributed by atoms with Crippen LogP contribution in [0.1, 0.15) is 85.0 Å². The number of fused-ring (bicyclic) bond motifs is 1. The molecule has 1 aliphatic heterocycles. The zero-order chi connectivity index (χ0) is 25.6. The van der Waals surface area contributed by atoms with E-state index in [1.165, 1.54) is 11.3 Å². The molecule has 3 aliphatic rings. The second-order valence-corrected chi connectivity index (χ2v) is 12.6. The van der Waals surface area contributed by atoms with Crippen LogP contribution in [0.15, 0.2) is 40.1 Å². The summed E-state index contributed by atoms with van der Waals surface area (Å²) in [6, 6.07) is 3.95. The third-order valence-electron chi connectivity index (χ3n) is 7.19. The number of ketones is 1. The van der Waals surface area contributed by atoms with Crippen LogP contribution in [0.5, 0.6) is 0 Å². The fourth-order valence-corrected chi connectivity index (χ4v) is 7.84. The third-order valence-corrected chi connectivity index (χ3v) is 9.33. The quantitative estimate of drug-likeness (QED) is 0.461. The number of Topliss-reactive ketones (excluding diaryl/α,β-unsaturated/α-hetero) is 1. The molecule has 190 valence electrons. The Morgan fingerprint density at radius 2 is 2.00 bits per heavy atom. The topological polar surface area (TPSA) is 84.5 Å². The second kappa shape index (κ2) is 9.63. The Bertz CT molecular complexity index is 1300. The van der Waals surface area contributed by atoms with Crippen molar-refractivity contribution in [1.29, 1.82) is 0 Å². The Labute approximate surface area is 219 Å². The van der Waals surface area contributed by atoms with Crippen LogP contribution in [0.2, 0.25) is 0 Å². The van der Waals surface area contributed by atoms with E-state index >= 15 is 0 Å². The number of esters is 1. The summed E-state index contributed by atoms with van der Waals surface area (Å²) in [5, 5.41) is 9.02. The lowest BCUT2D eigenvalue weighted by Crippen LogP contribution is -2.39. The van der Waals surface area contributed by atoms with E-state index in [1.807, 2.05) is 24.4 Å². The van der Waals surface area contributed by atoms with Gasteiger partial charge in [0.2, 0.25) is 0 Å². The summed E-state index contributed by atoms with van der Waals surface area (Å²) >= 11 is 3.03. The summed E-state index contributed by atoms with van der Waals surface area (Å²) in [7, 11) is 0. The molecular weight excluding hydrogens is 492 g/mol.